The van der Waals surface area contributed by atoms with E-state index in [2.05, 4.69) is 75.7 Å². The van der Waals surface area contributed by atoms with Gasteiger partial charge in [-0.2, -0.15) is 4.98 Å². The molecule has 4 rings (SSSR count). The molecule has 0 aromatic carbocycles. The maximum Gasteiger partial charge on any atom is 0.335 e. The van der Waals surface area contributed by atoms with E-state index >= 15 is 0 Å². The van der Waals surface area contributed by atoms with Gasteiger partial charge in [0.05, 0.1) is 12.9 Å². The number of anilines is 1. The number of aromatic amines is 1. The number of aliphatic hydroxyl groups excluding tert-OH is 1. The first kappa shape index (κ1) is 31.0. The fourth-order valence-corrected chi connectivity index (χ4v) is 17.0. The van der Waals surface area contributed by atoms with E-state index < -0.39 is 47.2 Å². The van der Waals surface area contributed by atoms with Crippen LogP contribution in [0.2, 0.25) is 22.2 Å². The van der Waals surface area contributed by atoms with Crippen LogP contribution in [-0.2, 0) is 22.5 Å². The first-order valence-corrected chi connectivity index (χ1v) is 18.2. The van der Waals surface area contributed by atoms with E-state index in [0.29, 0.717) is 0 Å². The van der Waals surface area contributed by atoms with Crippen molar-refractivity contribution >= 4 is 40.1 Å². The van der Waals surface area contributed by atoms with Crippen LogP contribution in [0.1, 0.15) is 75.5 Å². The number of H-pyrrole nitrogens is 1. The number of imidazole rings is 1. The van der Waals surface area contributed by atoms with Gasteiger partial charge in [-0.25, -0.2) is 4.98 Å². The van der Waals surface area contributed by atoms with Crippen molar-refractivity contribution in [1.29, 1.82) is 0 Å². The summed E-state index contributed by atoms with van der Waals surface area (Å²) in [6, 6.07) is 0. The zero-order valence-electron chi connectivity index (χ0n) is 25.2. The molecule has 0 bridgehead atoms. The highest BCUT2D eigenvalue weighted by Crippen LogP contribution is 2.48. The summed E-state index contributed by atoms with van der Waals surface area (Å²) in [6.45, 7) is 20.8. The summed E-state index contributed by atoms with van der Waals surface area (Å²) in [5, 5.41) is 14.3. The summed E-state index contributed by atoms with van der Waals surface area (Å²) in [4.78, 5) is 36.2. The minimum absolute atomic E-state index is 0.000117. The Morgan fingerprint density at radius 3 is 2.20 bits per heavy atom. The van der Waals surface area contributed by atoms with Crippen molar-refractivity contribution in [2.45, 2.75) is 116 Å². The summed E-state index contributed by atoms with van der Waals surface area (Å²) in [5.41, 5.74) is 0.271. The Balaban J connectivity index is 1.76. The van der Waals surface area contributed by atoms with E-state index in [0.717, 1.165) is 0 Å². The molecule has 40 heavy (non-hydrogen) atoms. The number of fused-ring (bicyclic) bond motifs is 2. The summed E-state index contributed by atoms with van der Waals surface area (Å²) >= 11 is 0. The van der Waals surface area contributed by atoms with Crippen LogP contribution in [-0.4, -0.2) is 72.6 Å². The number of amides is 1. The third-order valence-corrected chi connectivity index (χ3v) is 18.4. The van der Waals surface area contributed by atoms with Gasteiger partial charge in [-0.05, 0) is 22.2 Å². The summed E-state index contributed by atoms with van der Waals surface area (Å²) < 4.78 is 28.9. The second kappa shape index (κ2) is 11.4. The molecule has 0 spiro atoms. The van der Waals surface area contributed by atoms with Crippen LogP contribution < -0.4 is 10.9 Å². The van der Waals surface area contributed by atoms with Crippen LogP contribution in [0.3, 0.4) is 0 Å². The highest BCUT2D eigenvalue weighted by Gasteiger charge is 2.61. The highest BCUT2D eigenvalue weighted by molar-refractivity contribution is 6.84. The van der Waals surface area contributed by atoms with Crippen molar-refractivity contribution in [3.05, 3.63) is 16.7 Å². The second-order valence-electron chi connectivity index (χ2n) is 12.5. The molecule has 2 aliphatic heterocycles. The third kappa shape index (κ3) is 5.23. The van der Waals surface area contributed by atoms with Gasteiger partial charge in [0.2, 0.25) is 11.9 Å². The molecule has 12 nitrogen and oxygen atoms in total. The molecule has 2 aromatic heterocycles. The number of ether oxygens (including phenoxy) is 1. The number of carbonyl (C=O) groups excluding carboxylic acids is 1. The van der Waals surface area contributed by atoms with Crippen LogP contribution >= 0.6 is 0 Å². The van der Waals surface area contributed by atoms with Crippen molar-refractivity contribution in [2.75, 3.05) is 11.9 Å². The Labute approximate surface area is 237 Å². The Hall–Kier alpha value is -1.95. The monoisotopic (exact) mass is 595 g/mol. The van der Waals surface area contributed by atoms with Crippen LogP contribution in [0, 0.1) is 5.92 Å². The summed E-state index contributed by atoms with van der Waals surface area (Å²) in [5.74, 6) is -0.596. The molecule has 2 aromatic rings. The number of aliphatic hydroxyl groups is 1. The molecule has 2 fully saturated rings. The molecule has 4 heterocycles. The van der Waals surface area contributed by atoms with Crippen molar-refractivity contribution in [3.63, 3.8) is 0 Å². The fraction of sp³-hybridized carbons (Fsp3) is 0.769. The molecule has 14 heteroatoms. The maximum absolute atomic E-state index is 12.8. The van der Waals surface area contributed by atoms with Gasteiger partial charge in [-0.1, -0.05) is 69.2 Å². The average molecular weight is 596 g/mol. The van der Waals surface area contributed by atoms with E-state index in [4.69, 9.17) is 17.7 Å². The number of carbonyl (C=O) groups is 1. The molecule has 224 valence electrons. The maximum atomic E-state index is 12.8. The lowest BCUT2D eigenvalue weighted by molar-refractivity contribution is -0.118. The largest absolute Gasteiger partial charge is 0.414 e. The first-order chi connectivity index (χ1) is 18.6. The van der Waals surface area contributed by atoms with E-state index in [1.807, 2.05) is 0 Å². The molecule has 2 saturated heterocycles. The summed E-state index contributed by atoms with van der Waals surface area (Å²) in [7, 11) is -5.75. The van der Waals surface area contributed by atoms with Crippen molar-refractivity contribution in [2.24, 2.45) is 5.92 Å². The number of aromatic nitrogens is 4. The predicted molar refractivity (Wildman–Crippen MR) is 155 cm³/mol. The molecule has 2 aliphatic rings. The van der Waals surface area contributed by atoms with E-state index in [-0.39, 0.29) is 57.7 Å². The number of nitrogens with one attached hydrogen (secondary N) is 2. The topological polar surface area (TPSA) is 150 Å². The minimum atomic E-state index is -2.97. The quantitative estimate of drug-likeness (QED) is 0.405. The Kier molecular flexibility index (Phi) is 8.82. The lowest BCUT2D eigenvalue weighted by Gasteiger charge is -2.51. The number of rotatable bonds is 7. The normalized spacial score (nSPS) is 26.6. The van der Waals surface area contributed by atoms with E-state index in [1.54, 1.807) is 13.8 Å². The second-order valence-corrected chi connectivity index (χ2v) is 21.3. The number of nitrogens with zero attached hydrogens (tertiary/aromatic N) is 3. The zero-order chi connectivity index (χ0) is 29.7. The molecule has 1 unspecified atom stereocenters. The first-order valence-electron chi connectivity index (χ1n) is 14.3. The van der Waals surface area contributed by atoms with Gasteiger partial charge in [0.25, 0.3) is 5.56 Å². The standard InChI is InChI=1S/C26H45N5O7Si2/c1-13(2)23(33)29-26-28-22-19(24(34)30-26)27-12-31(22)25-20(32)21-18(36-25)11-35-39(14(3)4,15(5)6)38-40(37-21,16(7)8)17(9)10/h12-18,20-21,25,32H,11H2,1-10H3,(H2,28,29,30,33,34)/t18-,20+,21?,25-/m1/s1. The third-order valence-electron chi connectivity index (χ3n) is 8.11. The van der Waals surface area contributed by atoms with Gasteiger partial charge in [-0.15, -0.1) is 0 Å². The molecular weight excluding hydrogens is 550 g/mol. The molecule has 4 atom stereocenters. The molecule has 3 N–H and O–H groups in total. The van der Waals surface area contributed by atoms with E-state index in [1.165, 1.54) is 10.9 Å². The molecule has 0 saturated carbocycles. The van der Waals surface area contributed by atoms with Crippen molar-refractivity contribution < 1.29 is 27.6 Å². The van der Waals surface area contributed by atoms with Gasteiger partial charge in [0.15, 0.2) is 17.4 Å². The predicted octanol–water partition coefficient (Wildman–Crippen LogP) is 3.93. The Morgan fingerprint density at radius 2 is 1.65 bits per heavy atom. The number of hydrogen-bond acceptors (Lipinski definition) is 9. The lowest BCUT2D eigenvalue weighted by Crippen LogP contribution is -2.65. The summed E-state index contributed by atoms with van der Waals surface area (Å²) in [6.07, 6.45) is -1.92. The van der Waals surface area contributed by atoms with Gasteiger partial charge >= 0.3 is 17.1 Å². The molecule has 0 aliphatic carbocycles. The van der Waals surface area contributed by atoms with E-state index in [9.17, 15) is 14.7 Å². The molecule has 0 radical (unpaired) electrons. The minimum Gasteiger partial charge on any atom is -0.414 e. The fourth-order valence-electron chi connectivity index (χ4n) is 5.80. The van der Waals surface area contributed by atoms with Crippen LogP contribution in [0.25, 0.3) is 11.2 Å². The van der Waals surface area contributed by atoms with Gasteiger partial charge in [-0.3, -0.25) is 24.5 Å². The van der Waals surface area contributed by atoms with Gasteiger partial charge in [0.1, 0.15) is 18.3 Å². The SMILES string of the molecule is CC(C)C(=O)Nc1nc2c(ncn2[C@@H]2O[C@@H]3CO[Si](C(C)C)(C(C)C)O[Si](C(C)C)(C(C)C)OC3[C@@H]2O)c(=O)[nH]1. The zero-order valence-corrected chi connectivity index (χ0v) is 27.2. The van der Waals surface area contributed by atoms with Crippen molar-refractivity contribution in [3.8, 4) is 0 Å². The Bertz CT molecular complexity index is 1260. The van der Waals surface area contributed by atoms with Gasteiger partial charge < -0.3 is 22.8 Å². The molecular formula is C26H45N5O7Si2. The van der Waals surface area contributed by atoms with Crippen LogP contribution in [0.15, 0.2) is 11.1 Å². The highest BCUT2D eigenvalue weighted by atomic mass is 28.5. The molecule has 1 amide bonds. The van der Waals surface area contributed by atoms with Gasteiger partial charge in [0, 0.05) is 5.92 Å². The lowest BCUT2D eigenvalue weighted by atomic mass is 10.1. The van der Waals surface area contributed by atoms with Crippen molar-refractivity contribution in [1.82, 2.24) is 19.5 Å². The van der Waals surface area contributed by atoms with Crippen LogP contribution in [0.4, 0.5) is 5.95 Å². The Morgan fingerprint density at radius 1 is 1.05 bits per heavy atom. The average Bonchev–Trinajstić information content (AvgIpc) is 3.39. The number of hydrogen-bond donors (Lipinski definition) is 3. The van der Waals surface area contributed by atoms with Crippen LogP contribution in [0.5, 0.6) is 0 Å². The smallest absolute Gasteiger partial charge is 0.335 e.